The summed E-state index contributed by atoms with van der Waals surface area (Å²) in [7, 11) is 0. The Bertz CT molecular complexity index is 565. The zero-order valence-corrected chi connectivity index (χ0v) is 17.2. The van der Waals surface area contributed by atoms with E-state index in [1.54, 1.807) is 12.1 Å². The van der Waals surface area contributed by atoms with Crippen LogP contribution in [0.2, 0.25) is 0 Å². The Morgan fingerprint density at radius 3 is 2.38 bits per heavy atom. The molecule has 2 rings (SSSR count). The van der Waals surface area contributed by atoms with E-state index in [4.69, 9.17) is 0 Å². The van der Waals surface area contributed by atoms with Crippen LogP contribution in [0.3, 0.4) is 0 Å². The molecule has 1 aromatic rings. The van der Waals surface area contributed by atoms with E-state index in [0.717, 1.165) is 44.2 Å². The third-order valence-corrected chi connectivity index (χ3v) is 5.95. The fourth-order valence-electron chi connectivity index (χ4n) is 2.88. The second-order valence-electron chi connectivity index (χ2n) is 7.87. The summed E-state index contributed by atoms with van der Waals surface area (Å²) in [6.45, 7) is 12.6. The van der Waals surface area contributed by atoms with Crippen molar-refractivity contribution in [1.82, 2.24) is 10.2 Å². The second-order valence-corrected chi connectivity index (χ2v) is 9.72. The minimum atomic E-state index is -0.217. The van der Waals surface area contributed by atoms with Crippen LogP contribution in [0.15, 0.2) is 24.3 Å². The molecule has 1 aromatic carbocycles. The van der Waals surface area contributed by atoms with Gasteiger partial charge in [-0.25, -0.2) is 4.39 Å². The Labute approximate surface area is 161 Å². The number of amides is 1. The number of nitrogens with one attached hydrogen (secondary N) is 1. The van der Waals surface area contributed by atoms with E-state index in [1.807, 2.05) is 16.7 Å². The molecule has 26 heavy (non-hydrogen) atoms. The molecule has 1 aliphatic rings. The molecular formula is C20H32FN3OS. The van der Waals surface area contributed by atoms with Gasteiger partial charge >= 0.3 is 0 Å². The predicted molar refractivity (Wildman–Crippen MR) is 109 cm³/mol. The Kier molecular flexibility index (Phi) is 7.77. The molecule has 0 bridgehead atoms. The smallest absolute Gasteiger partial charge is 0.223 e. The summed E-state index contributed by atoms with van der Waals surface area (Å²) in [5, 5.41) is 3.45. The Balaban J connectivity index is 1.66. The number of hydrogen-bond acceptors (Lipinski definition) is 4. The zero-order chi connectivity index (χ0) is 19.2. The highest BCUT2D eigenvalue weighted by molar-refractivity contribution is 8.00. The molecular weight excluding hydrogens is 349 g/mol. The Morgan fingerprint density at radius 2 is 1.81 bits per heavy atom. The van der Waals surface area contributed by atoms with Gasteiger partial charge in [0.05, 0.1) is 0 Å². The van der Waals surface area contributed by atoms with Crippen molar-refractivity contribution in [3.8, 4) is 0 Å². The summed E-state index contributed by atoms with van der Waals surface area (Å²) in [6.07, 6.45) is 0.543. The van der Waals surface area contributed by atoms with Crippen molar-refractivity contribution in [3.05, 3.63) is 30.1 Å². The van der Waals surface area contributed by atoms with E-state index in [9.17, 15) is 9.18 Å². The highest BCUT2D eigenvalue weighted by atomic mass is 32.2. The van der Waals surface area contributed by atoms with Crippen LogP contribution >= 0.6 is 11.8 Å². The molecule has 1 amide bonds. The molecule has 1 saturated heterocycles. The van der Waals surface area contributed by atoms with Gasteiger partial charge in [-0.1, -0.05) is 20.8 Å². The van der Waals surface area contributed by atoms with E-state index >= 15 is 0 Å². The number of anilines is 1. The lowest BCUT2D eigenvalue weighted by Crippen LogP contribution is -2.49. The first kappa shape index (κ1) is 21.0. The molecule has 6 heteroatoms. The second kappa shape index (κ2) is 9.60. The van der Waals surface area contributed by atoms with Crippen LogP contribution in [-0.4, -0.2) is 60.1 Å². The molecule has 0 radical (unpaired) electrons. The maximum Gasteiger partial charge on any atom is 0.223 e. The maximum absolute atomic E-state index is 13.0. The maximum atomic E-state index is 13.0. The summed E-state index contributed by atoms with van der Waals surface area (Å²) in [4.78, 5) is 16.5. The quantitative estimate of drug-likeness (QED) is 0.785. The van der Waals surface area contributed by atoms with E-state index in [0.29, 0.717) is 12.5 Å². The molecule has 1 atom stereocenters. The molecule has 146 valence electrons. The normalized spacial score (nSPS) is 16.7. The van der Waals surface area contributed by atoms with Gasteiger partial charge in [0.2, 0.25) is 5.91 Å². The van der Waals surface area contributed by atoms with Gasteiger partial charge in [-0.05, 0) is 31.2 Å². The molecule has 0 saturated carbocycles. The number of hydrogen-bond donors (Lipinski definition) is 1. The van der Waals surface area contributed by atoms with E-state index < -0.39 is 0 Å². The van der Waals surface area contributed by atoms with Crippen molar-refractivity contribution in [3.63, 3.8) is 0 Å². The van der Waals surface area contributed by atoms with Crippen LogP contribution < -0.4 is 10.2 Å². The van der Waals surface area contributed by atoms with Crippen LogP contribution in [-0.2, 0) is 4.79 Å². The van der Waals surface area contributed by atoms with E-state index in [2.05, 4.69) is 37.9 Å². The fraction of sp³-hybridized carbons (Fsp3) is 0.650. The van der Waals surface area contributed by atoms with Crippen molar-refractivity contribution in [2.45, 2.75) is 44.9 Å². The number of benzene rings is 1. The standard InChI is InChI=1S/C20H32FN3OS/c1-16(15-26-20(2,3)4)22-10-9-19(25)24-13-11-23(12-14-24)18-7-5-17(21)6-8-18/h5-8,16,22H,9-15H2,1-4H3/t16-/m1/s1. The molecule has 0 aliphatic carbocycles. The predicted octanol–water partition coefficient (Wildman–Crippen LogP) is 3.37. The molecule has 1 aliphatic heterocycles. The number of carbonyl (C=O) groups is 1. The highest BCUT2D eigenvalue weighted by Gasteiger charge is 2.21. The number of nitrogens with zero attached hydrogens (tertiary/aromatic N) is 2. The first-order valence-electron chi connectivity index (χ1n) is 9.40. The van der Waals surface area contributed by atoms with Crippen LogP contribution in [0.4, 0.5) is 10.1 Å². The van der Waals surface area contributed by atoms with Gasteiger partial charge in [-0.15, -0.1) is 0 Å². The molecule has 0 unspecified atom stereocenters. The molecule has 1 N–H and O–H groups in total. The lowest BCUT2D eigenvalue weighted by atomic mass is 10.2. The van der Waals surface area contributed by atoms with Crippen molar-refractivity contribution in [2.75, 3.05) is 43.4 Å². The summed E-state index contributed by atoms with van der Waals surface area (Å²) in [5.74, 6) is 1.05. The Hall–Kier alpha value is -1.27. The van der Waals surface area contributed by atoms with Crippen LogP contribution in [0.1, 0.15) is 34.1 Å². The number of carbonyl (C=O) groups excluding carboxylic acids is 1. The summed E-state index contributed by atoms with van der Waals surface area (Å²) >= 11 is 1.94. The summed E-state index contributed by atoms with van der Waals surface area (Å²) < 4.78 is 13.3. The molecule has 1 heterocycles. The topological polar surface area (TPSA) is 35.6 Å². The minimum absolute atomic E-state index is 0.215. The lowest BCUT2D eigenvalue weighted by Gasteiger charge is -2.36. The van der Waals surface area contributed by atoms with Crippen LogP contribution in [0, 0.1) is 5.82 Å². The van der Waals surface area contributed by atoms with Gasteiger partial charge in [0, 0.05) is 61.4 Å². The van der Waals surface area contributed by atoms with Gasteiger partial charge in [0.15, 0.2) is 0 Å². The zero-order valence-electron chi connectivity index (χ0n) is 16.4. The van der Waals surface area contributed by atoms with Crippen molar-refractivity contribution in [2.24, 2.45) is 0 Å². The van der Waals surface area contributed by atoms with Crippen LogP contribution in [0.25, 0.3) is 0 Å². The molecule has 4 nitrogen and oxygen atoms in total. The largest absolute Gasteiger partial charge is 0.368 e. The summed E-state index contributed by atoms with van der Waals surface area (Å²) in [6, 6.07) is 6.97. The minimum Gasteiger partial charge on any atom is -0.368 e. The number of halogens is 1. The van der Waals surface area contributed by atoms with Crippen LogP contribution in [0.5, 0.6) is 0 Å². The average Bonchev–Trinajstić information content (AvgIpc) is 2.60. The van der Waals surface area contributed by atoms with Gasteiger partial charge in [-0.2, -0.15) is 11.8 Å². The van der Waals surface area contributed by atoms with E-state index in [1.165, 1.54) is 12.1 Å². The van der Waals surface area contributed by atoms with E-state index in [-0.39, 0.29) is 16.5 Å². The van der Waals surface area contributed by atoms with Gasteiger partial charge in [0.25, 0.3) is 0 Å². The third kappa shape index (κ3) is 7.16. The number of piperazine rings is 1. The van der Waals surface area contributed by atoms with Gasteiger partial charge < -0.3 is 15.1 Å². The lowest BCUT2D eigenvalue weighted by molar-refractivity contribution is -0.131. The average molecular weight is 382 g/mol. The first-order chi connectivity index (χ1) is 12.2. The van der Waals surface area contributed by atoms with Crippen molar-refractivity contribution < 1.29 is 9.18 Å². The third-order valence-electron chi connectivity index (χ3n) is 4.42. The molecule has 0 spiro atoms. The van der Waals surface area contributed by atoms with Crippen molar-refractivity contribution in [1.29, 1.82) is 0 Å². The first-order valence-corrected chi connectivity index (χ1v) is 10.4. The summed E-state index contributed by atoms with van der Waals surface area (Å²) in [5.41, 5.74) is 1.02. The number of thioether (sulfide) groups is 1. The number of rotatable bonds is 7. The molecule has 0 aromatic heterocycles. The molecule has 1 fully saturated rings. The van der Waals surface area contributed by atoms with Crippen molar-refractivity contribution >= 4 is 23.4 Å². The SMILES string of the molecule is C[C@H](CSC(C)(C)C)NCCC(=O)N1CCN(c2ccc(F)cc2)CC1. The fourth-order valence-corrected chi connectivity index (χ4v) is 3.75. The highest BCUT2D eigenvalue weighted by Crippen LogP contribution is 2.23. The van der Waals surface area contributed by atoms with Gasteiger partial charge in [-0.3, -0.25) is 4.79 Å². The monoisotopic (exact) mass is 381 g/mol. The van der Waals surface area contributed by atoms with Gasteiger partial charge in [0.1, 0.15) is 5.82 Å². The Morgan fingerprint density at radius 1 is 1.19 bits per heavy atom.